The number of aryl methyl sites for hydroxylation is 1. The van der Waals surface area contributed by atoms with Gasteiger partial charge in [-0.3, -0.25) is 5.10 Å². The Balaban J connectivity index is 2.71. The summed E-state index contributed by atoms with van der Waals surface area (Å²) in [4.78, 5) is 0. The third-order valence-corrected chi connectivity index (χ3v) is 2.15. The van der Waals surface area contributed by atoms with Gasteiger partial charge in [0, 0.05) is 5.69 Å². The van der Waals surface area contributed by atoms with Crippen LogP contribution in [0.5, 0.6) is 0 Å². The second kappa shape index (κ2) is 3.56. The van der Waals surface area contributed by atoms with E-state index in [0.717, 1.165) is 12.8 Å². The lowest BCUT2D eigenvalue weighted by atomic mass is 10.1. The summed E-state index contributed by atoms with van der Waals surface area (Å²) in [6.45, 7) is 6.52. The fraction of sp³-hybridized carbons (Fsp3) is 0.667. The van der Waals surface area contributed by atoms with Gasteiger partial charge in [0.25, 0.3) is 0 Å². The highest BCUT2D eigenvalue weighted by atomic mass is 15.1. The lowest BCUT2D eigenvalue weighted by molar-refractivity contribution is 0.703. The van der Waals surface area contributed by atoms with Crippen molar-refractivity contribution in [1.82, 2.24) is 10.2 Å². The molecule has 2 nitrogen and oxygen atoms in total. The zero-order valence-electron chi connectivity index (χ0n) is 7.52. The smallest absolute Gasteiger partial charge is 0.0653 e. The quantitative estimate of drug-likeness (QED) is 0.708. The van der Waals surface area contributed by atoms with Crippen LogP contribution >= 0.6 is 0 Å². The molecule has 0 fully saturated rings. The normalized spacial score (nSPS) is 13.4. The van der Waals surface area contributed by atoms with Crippen LogP contribution in [-0.4, -0.2) is 10.2 Å². The van der Waals surface area contributed by atoms with E-state index in [2.05, 4.69) is 37.0 Å². The predicted octanol–water partition coefficient (Wildman–Crippen LogP) is 2.49. The van der Waals surface area contributed by atoms with E-state index in [1.807, 2.05) is 0 Å². The van der Waals surface area contributed by atoms with Gasteiger partial charge in [0.05, 0.1) is 5.69 Å². The van der Waals surface area contributed by atoms with E-state index in [-0.39, 0.29) is 0 Å². The molecule has 0 aliphatic carbocycles. The van der Waals surface area contributed by atoms with Gasteiger partial charge in [0.2, 0.25) is 0 Å². The first-order valence-electron chi connectivity index (χ1n) is 4.32. The summed E-state index contributed by atoms with van der Waals surface area (Å²) >= 11 is 0. The Morgan fingerprint density at radius 2 is 2.27 bits per heavy atom. The van der Waals surface area contributed by atoms with Crippen LogP contribution in [0.1, 0.15) is 44.5 Å². The monoisotopic (exact) mass is 152 g/mol. The maximum absolute atomic E-state index is 4.23. The number of aromatic nitrogens is 2. The van der Waals surface area contributed by atoms with E-state index in [0.29, 0.717) is 5.92 Å². The molecular formula is C9H16N2. The molecule has 62 valence electrons. The minimum atomic E-state index is 0.589. The maximum atomic E-state index is 4.23. The minimum absolute atomic E-state index is 0.589. The molecule has 0 aromatic carbocycles. The first-order chi connectivity index (χ1) is 5.27. The molecule has 0 spiro atoms. The Labute approximate surface area is 68.0 Å². The standard InChI is InChI=1S/C9H16N2/c1-4-7(3)9-6-8(5-2)10-11-9/h6-7H,4-5H2,1-3H3,(H,10,11). The summed E-state index contributed by atoms with van der Waals surface area (Å²) in [7, 11) is 0. The topological polar surface area (TPSA) is 28.7 Å². The molecule has 1 N–H and O–H groups in total. The van der Waals surface area contributed by atoms with Crippen molar-refractivity contribution in [3.05, 3.63) is 17.5 Å². The molecule has 0 saturated carbocycles. The number of H-pyrrole nitrogens is 1. The number of rotatable bonds is 3. The van der Waals surface area contributed by atoms with Gasteiger partial charge in [0.1, 0.15) is 0 Å². The molecule has 0 amide bonds. The van der Waals surface area contributed by atoms with Crippen LogP contribution in [0.25, 0.3) is 0 Å². The van der Waals surface area contributed by atoms with E-state index < -0.39 is 0 Å². The van der Waals surface area contributed by atoms with Gasteiger partial charge in [0.15, 0.2) is 0 Å². The van der Waals surface area contributed by atoms with Crippen molar-refractivity contribution in [1.29, 1.82) is 0 Å². The van der Waals surface area contributed by atoms with Crippen molar-refractivity contribution in [3.8, 4) is 0 Å². The molecule has 1 atom stereocenters. The van der Waals surface area contributed by atoms with E-state index in [1.54, 1.807) is 0 Å². The summed E-state index contributed by atoms with van der Waals surface area (Å²) in [6, 6.07) is 2.16. The predicted molar refractivity (Wildman–Crippen MR) is 46.7 cm³/mol. The molecule has 0 bridgehead atoms. The number of nitrogens with zero attached hydrogens (tertiary/aromatic N) is 1. The SMILES string of the molecule is CCc1cc(C(C)CC)n[nH]1. The van der Waals surface area contributed by atoms with E-state index in [1.165, 1.54) is 11.4 Å². The van der Waals surface area contributed by atoms with Crippen molar-refractivity contribution >= 4 is 0 Å². The second-order valence-corrected chi connectivity index (χ2v) is 2.98. The molecule has 1 heterocycles. The fourth-order valence-corrected chi connectivity index (χ4v) is 1.02. The fourth-order valence-electron chi connectivity index (χ4n) is 1.02. The van der Waals surface area contributed by atoms with Crippen molar-refractivity contribution < 1.29 is 0 Å². The number of hydrogen-bond donors (Lipinski definition) is 1. The zero-order chi connectivity index (χ0) is 8.27. The van der Waals surface area contributed by atoms with E-state index >= 15 is 0 Å². The number of hydrogen-bond acceptors (Lipinski definition) is 1. The third-order valence-electron chi connectivity index (χ3n) is 2.15. The second-order valence-electron chi connectivity index (χ2n) is 2.98. The summed E-state index contributed by atoms with van der Waals surface area (Å²) in [5.74, 6) is 0.589. The number of aromatic amines is 1. The summed E-state index contributed by atoms with van der Waals surface area (Å²) in [5, 5.41) is 7.25. The van der Waals surface area contributed by atoms with Crippen LogP contribution in [0.3, 0.4) is 0 Å². The average Bonchev–Trinajstić information content (AvgIpc) is 2.50. The number of nitrogens with one attached hydrogen (secondary N) is 1. The highest BCUT2D eigenvalue weighted by Crippen LogP contribution is 2.16. The molecule has 1 rings (SSSR count). The summed E-state index contributed by atoms with van der Waals surface area (Å²) in [6.07, 6.45) is 2.21. The van der Waals surface area contributed by atoms with Gasteiger partial charge in [-0.15, -0.1) is 0 Å². The third kappa shape index (κ3) is 1.82. The molecule has 0 saturated heterocycles. The van der Waals surface area contributed by atoms with Gasteiger partial charge < -0.3 is 0 Å². The lowest BCUT2D eigenvalue weighted by Gasteiger charge is -2.01. The Morgan fingerprint density at radius 3 is 2.73 bits per heavy atom. The van der Waals surface area contributed by atoms with Crippen molar-refractivity contribution in [3.63, 3.8) is 0 Å². The van der Waals surface area contributed by atoms with Gasteiger partial charge in [-0.25, -0.2) is 0 Å². The molecule has 1 aromatic rings. The van der Waals surface area contributed by atoms with Crippen LogP contribution < -0.4 is 0 Å². The van der Waals surface area contributed by atoms with Crippen LogP contribution in [0.4, 0.5) is 0 Å². The van der Waals surface area contributed by atoms with E-state index in [9.17, 15) is 0 Å². The highest BCUT2D eigenvalue weighted by molar-refractivity contribution is 5.11. The minimum Gasteiger partial charge on any atom is -0.282 e. The zero-order valence-corrected chi connectivity index (χ0v) is 7.52. The Morgan fingerprint density at radius 1 is 1.55 bits per heavy atom. The molecule has 0 radical (unpaired) electrons. The Hall–Kier alpha value is -0.790. The molecule has 0 aliphatic heterocycles. The van der Waals surface area contributed by atoms with Crippen LogP contribution in [0.2, 0.25) is 0 Å². The molecule has 1 unspecified atom stereocenters. The summed E-state index contributed by atoms with van der Waals surface area (Å²) < 4.78 is 0. The van der Waals surface area contributed by atoms with Crippen molar-refractivity contribution in [2.24, 2.45) is 0 Å². The molecule has 11 heavy (non-hydrogen) atoms. The highest BCUT2D eigenvalue weighted by Gasteiger charge is 2.05. The van der Waals surface area contributed by atoms with Crippen molar-refractivity contribution in [2.75, 3.05) is 0 Å². The van der Waals surface area contributed by atoms with Gasteiger partial charge in [-0.05, 0) is 24.8 Å². The average molecular weight is 152 g/mol. The molecule has 2 heteroatoms. The Bertz CT molecular complexity index is 215. The first-order valence-corrected chi connectivity index (χ1v) is 4.32. The Kier molecular flexibility index (Phi) is 2.69. The van der Waals surface area contributed by atoms with Gasteiger partial charge in [-0.1, -0.05) is 20.8 Å². The van der Waals surface area contributed by atoms with E-state index in [4.69, 9.17) is 0 Å². The summed E-state index contributed by atoms with van der Waals surface area (Å²) in [5.41, 5.74) is 2.43. The molecule has 1 aromatic heterocycles. The first kappa shape index (κ1) is 8.31. The van der Waals surface area contributed by atoms with Crippen molar-refractivity contribution in [2.45, 2.75) is 39.5 Å². The largest absolute Gasteiger partial charge is 0.282 e. The van der Waals surface area contributed by atoms with Crippen LogP contribution in [0.15, 0.2) is 6.07 Å². The molecule has 0 aliphatic rings. The van der Waals surface area contributed by atoms with Crippen LogP contribution in [-0.2, 0) is 6.42 Å². The van der Waals surface area contributed by atoms with Gasteiger partial charge >= 0.3 is 0 Å². The maximum Gasteiger partial charge on any atom is 0.0653 e. The molecular weight excluding hydrogens is 136 g/mol. The van der Waals surface area contributed by atoms with Gasteiger partial charge in [-0.2, -0.15) is 5.10 Å². The lowest BCUT2D eigenvalue weighted by Crippen LogP contribution is -1.90. The van der Waals surface area contributed by atoms with Crippen LogP contribution in [0, 0.1) is 0 Å².